The van der Waals surface area contributed by atoms with E-state index in [0.717, 1.165) is 22.4 Å². The number of ether oxygens (including phenoxy) is 1. The lowest BCUT2D eigenvalue weighted by molar-refractivity contribution is -0.113. The molecule has 6 rings (SSSR count). The number of rotatable bonds is 6. The van der Waals surface area contributed by atoms with Crippen LogP contribution in [0.15, 0.2) is 78.4 Å². The average Bonchev–Trinajstić information content (AvgIpc) is 3.35. The maximum Gasteiger partial charge on any atom is 0.331 e. The van der Waals surface area contributed by atoms with Crippen molar-refractivity contribution in [2.24, 2.45) is 4.99 Å². The first-order valence-electron chi connectivity index (χ1n) is 13.3. The van der Waals surface area contributed by atoms with Crippen LogP contribution in [0, 0.1) is 6.92 Å². The highest BCUT2D eigenvalue weighted by molar-refractivity contribution is 7.21. The Hall–Kier alpha value is -4.83. The number of amides is 4. The molecular formula is C31H27N5O4S. The van der Waals surface area contributed by atoms with Crippen LogP contribution in [-0.2, 0) is 4.79 Å². The second kappa shape index (κ2) is 11.0. The number of hydrogen-bond acceptors (Lipinski definition) is 6. The smallest absolute Gasteiger partial charge is 0.331 e. The fourth-order valence-electron chi connectivity index (χ4n) is 5.21. The summed E-state index contributed by atoms with van der Waals surface area (Å²) in [6.45, 7) is 5.38. The standard InChI is InChI=1S/C31H27N5O4S/c1-3-25(37)33-19-9-11-20(12-10-19)34-29(38)28-27-26-24(15-16-32-30(26)41-28)36(31(39)35-27)23-14-13-22(17-18(23)2)40-21-7-5-4-6-8-21/h3-8,13-17,20H,1,9-12H2,2H3,(H,34,38)(H,35,39). The van der Waals surface area contributed by atoms with Gasteiger partial charge in [-0.2, -0.15) is 0 Å². The molecule has 1 saturated carbocycles. The molecule has 41 heavy (non-hydrogen) atoms. The molecule has 0 spiro atoms. The van der Waals surface area contributed by atoms with Crippen LogP contribution in [-0.4, -0.2) is 34.6 Å². The molecule has 0 atom stereocenters. The first-order chi connectivity index (χ1) is 19.9. The number of nitrogens with zero attached hydrogens (tertiary/aromatic N) is 3. The highest BCUT2D eigenvalue weighted by Gasteiger charge is 2.34. The maximum atomic E-state index is 13.5. The van der Waals surface area contributed by atoms with Crippen molar-refractivity contribution in [2.75, 3.05) is 10.2 Å². The van der Waals surface area contributed by atoms with Crippen LogP contribution in [0.1, 0.15) is 40.9 Å². The van der Waals surface area contributed by atoms with Gasteiger partial charge in [-0.1, -0.05) is 24.8 Å². The number of benzene rings is 2. The van der Waals surface area contributed by atoms with Gasteiger partial charge in [0.05, 0.1) is 22.4 Å². The van der Waals surface area contributed by atoms with Crippen molar-refractivity contribution in [3.63, 3.8) is 0 Å². The molecule has 2 aliphatic rings. The molecule has 3 heterocycles. The van der Waals surface area contributed by atoms with Crippen molar-refractivity contribution in [1.29, 1.82) is 0 Å². The van der Waals surface area contributed by atoms with Crippen molar-refractivity contribution in [3.05, 3.63) is 83.9 Å². The van der Waals surface area contributed by atoms with E-state index in [1.165, 1.54) is 17.4 Å². The van der Waals surface area contributed by atoms with E-state index in [1.54, 1.807) is 17.2 Å². The van der Waals surface area contributed by atoms with Crippen LogP contribution in [0.2, 0.25) is 0 Å². The normalized spacial score (nSPS) is 16.2. The number of aliphatic imine (C=N–C) groups is 1. The minimum Gasteiger partial charge on any atom is -0.457 e. The number of hydrogen-bond donors (Lipinski definition) is 2. The summed E-state index contributed by atoms with van der Waals surface area (Å²) >= 11 is 1.25. The monoisotopic (exact) mass is 565 g/mol. The molecular weight excluding hydrogens is 538 g/mol. The number of urea groups is 1. The fourth-order valence-corrected chi connectivity index (χ4v) is 6.23. The third kappa shape index (κ3) is 5.21. The minimum absolute atomic E-state index is 0.0554. The van der Waals surface area contributed by atoms with Gasteiger partial charge in [0.1, 0.15) is 21.2 Å². The average molecular weight is 566 g/mol. The molecule has 2 aromatic heterocycles. The zero-order chi connectivity index (χ0) is 28.5. The molecule has 4 amide bonds. The maximum absolute atomic E-state index is 13.5. The summed E-state index contributed by atoms with van der Waals surface area (Å²) in [5, 5.41) is 6.78. The number of pyridine rings is 1. The summed E-state index contributed by atoms with van der Waals surface area (Å²) in [6, 6.07) is 16.5. The molecule has 4 aromatic rings. The number of carbonyl (C=O) groups is 3. The minimum atomic E-state index is -0.359. The van der Waals surface area contributed by atoms with Gasteiger partial charge in [0.15, 0.2) is 0 Å². The second-order valence-corrected chi connectivity index (χ2v) is 10.9. The Bertz CT molecular complexity index is 1720. The lowest BCUT2D eigenvalue weighted by Crippen LogP contribution is -2.38. The number of anilines is 3. The zero-order valence-corrected chi connectivity index (χ0v) is 23.2. The van der Waals surface area contributed by atoms with Crippen LogP contribution in [0.25, 0.3) is 10.2 Å². The molecule has 1 fully saturated rings. The molecule has 0 bridgehead atoms. The quantitative estimate of drug-likeness (QED) is 0.247. The molecule has 2 N–H and O–H groups in total. The highest BCUT2D eigenvalue weighted by atomic mass is 32.1. The summed E-state index contributed by atoms with van der Waals surface area (Å²) in [5.74, 6) is 0.795. The summed E-state index contributed by atoms with van der Waals surface area (Å²) < 4.78 is 5.96. The first kappa shape index (κ1) is 26.4. The molecule has 10 heteroatoms. The zero-order valence-electron chi connectivity index (χ0n) is 22.3. The molecule has 0 unspecified atom stereocenters. The van der Waals surface area contributed by atoms with E-state index in [0.29, 0.717) is 58.2 Å². The van der Waals surface area contributed by atoms with E-state index < -0.39 is 0 Å². The molecule has 9 nitrogen and oxygen atoms in total. The number of thiophene rings is 1. The number of aromatic nitrogens is 1. The molecule has 0 radical (unpaired) electrons. The Kier molecular flexibility index (Phi) is 7.07. The second-order valence-electron chi connectivity index (χ2n) is 9.91. The topological polar surface area (TPSA) is 113 Å². The van der Waals surface area contributed by atoms with Gasteiger partial charge in [-0.05, 0) is 80.6 Å². The van der Waals surface area contributed by atoms with Gasteiger partial charge in [-0.25, -0.2) is 14.8 Å². The van der Waals surface area contributed by atoms with Crippen LogP contribution < -0.4 is 20.3 Å². The third-order valence-corrected chi connectivity index (χ3v) is 8.28. The van der Waals surface area contributed by atoms with Crippen molar-refractivity contribution in [2.45, 2.75) is 38.6 Å². The number of aryl methyl sites for hydroxylation is 1. The van der Waals surface area contributed by atoms with Crippen molar-refractivity contribution >= 4 is 62.2 Å². The molecule has 2 aromatic carbocycles. The largest absolute Gasteiger partial charge is 0.457 e. The third-order valence-electron chi connectivity index (χ3n) is 7.18. The predicted octanol–water partition coefficient (Wildman–Crippen LogP) is 6.91. The van der Waals surface area contributed by atoms with E-state index in [4.69, 9.17) is 4.74 Å². The van der Waals surface area contributed by atoms with E-state index in [9.17, 15) is 14.4 Å². The fraction of sp³-hybridized carbons (Fsp3) is 0.194. The number of nitrogens with one attached hydrogen (secondary N) is 2. The number of carbonyl (C=O) groups excluding carboxylic acids is 3. The van der Waals surface area contributed by atoms with Crippen LogP contribution in [0.4, 0.5) is 21.9 Å². The summed E-state index contributed by atoms with van der Waals surface area (Å²) in [5.41, 5.74) is 3.52. The Morgan fingerprint density at radius 2 is 1.90 bits per heavy atom. The van der Waals surface area contributed by atoms with Gasteiger partial charge < -0.3 is 15.4 Å². The Morgan fingerprint density at radius 3 is 2.63 bits per heavy atom. The lowest BCUT2D eigenvalue weighted by Gasteiger charge is -2.30. The van der Waals surface area contributed by atoms with Gasteiger partial charge in [-0.3, -0.25) is 14.5 Å². The van der Waals surface area contributed by atoms with E-state index in [2.05, 4.69) is 27.2 Å². The predicted molar refractivity (Wildman–Crippen MR) is 161 cm³/mol. The Labute approximate surface area is 240 Å². The highest BCUT2D eigenvalue weighted by Crippen LogP contribution is 2.46. The number of para-hydroxylation sites is 1. The molecule has 1 aliphatic carbocycles. The van der Waals surface area contributed by atoms with Crippen LogP contribution in [0.5, 0.6) is 11.5 Å². The van der Waals surface area contributed by atoms with E-state index in [-0.39, 0.29) is 23.9 Å². The molecule has 0 saturated heterocycles. The van der Waals surface area contributed by atoms with Gasteiger partial charge >= 0.3 is 6.03 Å². The summed E-state index contributed by atoms with van der Waals surface area (Å²) in [7, 11) is 0. The van der Waals surface area contributed by atoms with Gasteiger partial charge in [0, 0.05) is 18.0 Å². The Morgan fingerprint density at radius 1 is 1.12 bits per heavy atom. The first-order valence-corrected chi connectivity index (χ1v) is 14.1. The van der Waals surface area contributed by atoms with E-state index >= 15 is 0 Å². The van der Waals surface area contributed by atoms with Gasteiger partial charge in [0.2, 0.25) is 0 Å². The van der Waals surface area contributed by atoms with Crippen molar-refractivity contribution in [3.8, 4) is 11.5 Å². The van der Waals surface area contributed by atoms with E-state index in [1.807, 2.05) is 55.5 Å². The lowest BCUT2D eigenvalue weighted by atomic mass is 9.93. The van der Waals surface area contributed by atoms with Gasteiger partial charge in [0.25, 0.3) is 11.8 Å². The van der Waals surface area contributed by atoms with Gasteiger partial charge in [-0.15, -0.1) is 11.3 Å². The summed E-state index contributed by atoms with van der Waals surface area (Å²) in [6.07, 6.45) is 5.48. The molecule has 206 valence electrons. The van der Waals surface area contributed by atoms with Crippen LogP contribution >= 0.6 is 11.3 Å². The molecule has 1 aliphatic heterocycles. The van der Waals surface area contributed by atoms with Crippen molar-refractivity contribution in [1.82, 2.24) is 10.3 Å². The Balaban J connectivity index is 1.25. The van der Waals surface area contributed by atoms with Crippen molar-refractivity contribution < 1.29 is 19.1 Å². The summed E-state index contributed by atoms with van der Waals surface area (Å²) in [4.78, 5) is 49.7. The SMILES string of the molecule is C=CC(=O)N=C1CCC(NC(=O)c2sc3nccc4c3c2NC(=O)N4c2ccc(Oc3ccccc3)cc2C)CC1. The van der Waals surface area contributed by atoms with Crippen LogP contribution in [0.3, 0.4) is 0 Å².